The minimum atomic E-state index is 0. The normalized spacial score (nSPS) is 16.9. The Balaban J connectivity index is 0.00000144. The Bertz CT molecular complexity index is 335. The van der Waals surface area contributed by atoms with Crippen LogP contribution >= 0.6 is 12.4 Å². The predicted octanol–water partition coefficient (Wildman–Crippen LogP) is 2.60. The summed E-state index contributed by atoms with van der Waals surface area (Å²) in [4.78, 5) is 2.50. The molecule has 1 aliphatic heterocycles. The molecule has 1 aromatic rings. The van der Waals surface area contributed by atoms with Crippen molar-refractivity contribution in [2.75, 3.05) is 20.1 Å². The van der Waals surface area contributed by atoms with Gasteiger partial charge in [-0.25, -0.2) is 0 Å². The predicted molar refractivity (Wildman–Crippen MR) is 75.8 cm³/mol. The number of hydrogen-bond donors (Lipinski definition) is 1. The van der Waals surface area contributed by atoms with Crippen LogP contribution in [0.1, 0.15) is 24.0 Å². The third-order valence-corrected chi connectivity index (χ3v) is 3.61. The van der Waals surface area contributed by atoms with E-state index in [0.717, 1.165) is 12.6 Å². The van der Waals surface area contributed by atoms with E-state index in [9.17, 15) is 0 Å². The van der Waals surface area contributed by atoms with Crippen molar-refractivity contribution in [2.24, 2.45) is 0 Å². The maximum atomic E-state index is 3.42. The topological polar surface area (TPSA) is 15.3 Å². The second-order valence-corrected chi connectivity index (χ2v) is 4.82. The Labute approximate surface area is 111 Å². The van der Waals surface area contributed by atoms with Crippen molar-refractivity contribution >= 4 is 12.4 Å². The van der Waals surface area contributed by atoms with E-state index < -0.39 is 0 Å². The lowest BCUT2D eigenvalue weighted by atomic mass is 10.0. The molecule has 0 atom stereocenters. The first-order valence-corrected chi connectivity index (χ1v) is 6.23. The largest absolute Gasteiger partial charge is 0.317 e. The van der Waals surface area contributed by atoms with E-state index in [1.807, 2.05) is 0 Å². The molecule has 0 unspecified atom stereocenters. The van der Waals surface area contributed by atoms with Gasteiger partial charge in [-0.2, -0.15) is 0 Å². The Morgan fingerprint density at radius 1 is 1.24 bits per heavy atom. The third-order valence-electron chi connectivity index (χ3n) is 3.61. The number of nitrogens with zero attached hydrogens (tertiary/aromatic N) is 1. The Hall–Kier alpha value is -0.570. The number of rotatable bonds is 3. The van der Waals surface area contributed by atoms with Crippen LogP contribution in [0.25, 0.3) is 0 Å². The molecule has 0 aromatic heterocycles. The number of nitrogens with one attached hydrogen (secondary N) is 1. The van der Waals surface area contributed by atoms with Crippen LogP contribution in [0.3, 0.4) is 0 Å². The average molecular weight is 255 g/mol. The summed E-state index contributed by atoms with van der Waals surface area (Å²) in [7, 11) is 2.25. The highest BCUT2D eigenvalue weighted by Crippen LogP contribution is 2.15. The van der Waals surface area contributed by atoms with Crippen molar-refractivity contribution in [3.8, 4) is 0 Å². The number of piperidine rings is 1. The fourth-order valence-electron chi connectivity index (χ4n) is 2.43. The highest BCUT2D eigenvalue weighted by atomic mass is 35.5. The molecular weight excluding hydrogens is 232 g/mol. The lowest BCUT2D eigenvalue weighted by molar-refractivity contribution is 0.191. The monoisotopic (exact) mass is 254 g/mol. The molecule has 1 saturated heterocycles. The van der Waals surface area contributed by atoms with E-state index in [1.165, 1.54) is 37.1 Å². The summed E-state index contributed by atoms with van der Waals surface area (Å²) in [5.74, 6) is 0. The van der Waals surface area contributed by atoms with E-state index >= 15 is 0 Å². The smallest absolute Gasteiger partial charge is 0.0236 e. The Morgan fingerprint density at radius 3 is 2.53 bits per heavy atom. The van der Waals surface area contributed by atoms with Crippen molar-refractivity contribution in [3.05, 3.63) is 35.4 Å². The fourth-order valence-corrected chi connectivity index (χ4v) is 2.43. The van der Waals surface area contributed by atoms with Crippen molar-refractivity contribution in [2.45, 2.75) is 32.4 Å². The number of hydrogen-bond acceptors (Lipinski definition) is 2. The summed E-state index contributed by atoms with van der Waals surface area (Å²) in [5, 5.41) is 3.42. The summed E-state index contributed by atoms with van der Waals surface area (Å²) in [6.07, 6.45) is 2.56. The van der Waals surface area contributed by atoms with Gasteiger partial charge in [-0.3, -0.25) is 4.90 Å². The highest BCUT2D eigenvalue weighted by molar-refractivity contribution is 5.85. The SMILES string of the molecule is Cc1ccccc1CN(C)C1CCNCC1.Cl. The van der Waals surface area contributed by atoms with Gasteiger partial charge < -0.3 is 5.32 Å². The van der Waals surface area contributed by atoms with Gasteiger partial charge in [-0.05, 0) is 51.0 Å². The van der Waals surface area contributed by atoms with Crippen molar-refractivity contribution in [1.29, 1.82) is 0 Å². The van der Waals surface area contributed by atoms with Crippen molar-refractivity contribution in [3.63, 3.8) is 0 Å². The van der Waals surface area contributed by atoms with Crippen LogP contribution in [0.4, 0.5) is 0 Å². The third kappa shape index (κ3) is 3.98. The molecule has 0 spiro atoms. The first-order chi connectivity index (χ1) is 7.77. The molecule has 96 valence electrons. The summed E-state index contributed by atoms with van der Waals surface area (Å²) < 4.78 is 0. The zero-order chi connectivity index (χ0) is 11.4. The molecule has 0 saturated carbocycles. The van der Waals surface area contributed by atoms with E-state index in [4.69, 9.17) is 0 Å². The van der Waals surface area contributed by atoms with E-state index in [-0.39, 0.29) is 12.4 Å². The lowest BCUT2D eigenvalue weighted by Crippen LogP contribution is -2.40. The molecule has 0 radical (unpaired) electrons. The Kier molecular flexibility index (Phi) is 5.96. The maximum absolute atomic E-state index is 3.42. The van der Waals surface area contributed by atoms with Crippen LogP contribution in [0, 0.1) is 6.92 Å². The first kappa shape index (κ1) is 14.5. The minimum Gasteiger partial charge on any atom is -0.317 e. The standard InChI is InChI=1S/C14H22N2.ClH/c1-12-5-3-4-6-13(12)11-16(2)14-7-9-15-10-8-14;/h3-6,14-15H,7-11H2,1-2H3;1H. The maximum Gasteiger partial charge on any atom is 0.0236 e. The molecule has 0 aliphatic carbocycles. The van der Waals surface area contributed by atoms with Gasteiger partial charge in [0.2, 0.25) is 0 Å². The van der Waals surface area contributed by atoms with Gasteiger partial charge >= 0.3 is 0 Å². The molecule has 17 heavy (non-hydrogen) atoms. The van der Waals surface area contributed by atoms with Crippen LogP contribution in [0.5, 0.6) is 0 Å². The average Bonchev–Trinajstić information content (AvgIpc) is 2.33. The van der Waals surface area contributed by atoms with Crippen molar-refractivity contribution < 1.29 is 0 Å². The minimum absolute atomic E-state index is 0. The van der Waals surface area contributed by atoms with Crippen LogP contribution < -0.4 is 5.32 Å². The molecule has 1 heterocycles. The van der Waals surface area contributed by atoms with Crippen LogP contribution in [-0.2, 0) is 6.54 Å². The number of benzene rings is 1. The molecule has 0 amide bonds. The van der Waals surface area contributed by atoms with Gasteiger partial charge in [0.1, 0.15) is 0 Å². The van der Waals surface area contributed by atoms with Gasteiger partial charge in [0, 0.05) is 12.6 Å². The second kappa shape index (κ2) is 7.00. The Morgan fingerprint density at radius 2 is 1.88 bits per heavy atom. The van der Waals surface area contributed by atoms with Gasteiger partial charge in [0.25, 0.3) is 0 Å². The van der Waals surface area contributed by atoms with Crippen molar-refractivity contribution in [1.82, 2.24) is 10.2 Å². The first-order valence-electron chi connectivity index (χ1n) is 6.23. The van der Waals surface area contributed by atoms with Gasteiger partial charge in [-0.15, -0.1) is 12.4 Å². The zero-order valence-electron chi connectivity index (χ0n) is 10.8. The van der Waals surface area contributed by atoms with E-state index in [2.05, 4.69) is 48.5 Å². The van der Waals surface area contributed by atoms with Crippen LogP contribution in [-0.4, -0.2) is 31.1 Å². The molecule has 1 aliphatic rings. The second-order valence-electron chi connectivity index (χ2n) is 4.82. The van der Waals surface area contributed by atoms with E-state index in [0.29, 0.717) is 0 Å². The molecule has 3 heteroatoms. The number of aryl methyl sites for hydroxylation is 1. The lowest BCUT2D eigenvalue weighted by Gasteiger charge is -2.32. The van der Waals surface area contributed by atoms with Gasteiger partial charge in [0.15, 0.2) is 0 Å². The summed E-state index contributed by atoms with van der Waals surface area (Å²) in [5.41, 5.74) is 2.87. The van der Waals surface area contributed by atoms with Crippen LogP contribution in [0.2, 0.25) is 0 Å². The van der Waals surface area contributed by atoms with E-state index in [1.54, 1.807) is 0 Å². The molecule has 1 N–H and O–H groups in total. The zero-order valence-corrected chi connectivity index (χ0v) is 11.6. The molecule has 2 rings (SSSR count). The highest BCUT2D eigenvalue weighted by Gasteiger charge is 2.17. The quantitative estimate of drug-likeness (QED) is 0.892. The molecule has 0 bridgehead atoms. The summed E-state index contributed by atoms with van der Waals surface area (Å²) >= 11 is 0. The number of halogens is 1. The summed E-state index contributed by atoms with van der Waals surface area (Å²) in [6.45, 7) is 5.62. The van der Waals surface area contributed by atoms with Crippen LogP contribution in [0.15, 0.2) is 24.3 Å². The molecule has 1 fully saturated rings. The summed E-state index contributed by atoms with van der Waals surface area (Å²) in [6, 6.07) is 9.45. The molecular formula is C14H23ClN2. The molecule has 1 aromatic carbocycles. The fraction of sp³-hybridized carbons (Fsp3) is 0.571. The van der Waals surface area contributed by atoms with Gasteiger partial charge in [-0.1, -0.05) is 24.3 Å². The van der Waals surface area contributed by atoms with Gasteiger partial charge in [0.05, 0.1) is 0 Å². The molecule has 2 nitrogen and oxygen atoms in total.